The summed E-state index contributed by atoms with van der Waals surface area (Å²) in [7, 11) is 3.18. The molecule has 0 radical (unpaired) electrons. The lowest BCUT2D eigenvalue weighted by molar-refractivity contribution is 0.241. The quantitative estimate of drug-likeness (QED) is 0.294. The van der Waals surface area contributed by atoms with Gasteiger partial charge in [-0.3, -0.25) is 0 Å². The molecule has 0 bridgehead atoms. The average Bonchev–Trinajstić information content (AvgIpc) is 2.72. The van der Waals surface area contributed by atoms with Crippen LogP contribution in [0.2, 0.25) is 0 Å². The van der Waals surface area contributed by atoms with E-state index in [9.17, 15) is 4.79 Å². The van der Waals surface area contributed by atoms with E-state index in [0.717, 1.165) is 10.8 Å². The summed E-state index contributed by atoms with van der Waals surface area (Å²) in [5.74, 6) is 2.37. The summed E-state index contributed by atoms with van der Waals surface area (Å²) < 4.78 is 29.0. The molecule has 162 valence electrons. The molecule has 0 spiro atoms. The molecule has 1 aromatic heterocycles. The number of fused-ring (bicyclic) bond motifs is 5. The minimum atomic E-state index is -0.461. The van der Waals surface area contributed by atoms with Gasteiger partial charge in [0.15, 0.2) is 0 Å². The summed E-state index contributed by atoms with van der Waals surface area (Å²) in [6.07, 6.45) is -0.0628. The Kier molecular flexibility index (Phi) is 5.39. The maximum atomic E-state index is 13.0. The second-order valence-electron chi connectivity index (χ2n) is 7.91. The second-order valence-corrected chi connectivity index (χ2v) is 7.91. The highest BCUT2D eigenvalue weighted by Crippen LogP contribution is 2.43. The SMILES string of the molecule is COc1cc2c(oc(=O)c3cc(OC(C)C)cc(OC)c32)c2cccc(OC(C)C)c12. The highest BCUT2D eigenvalue weighted by molar-refractivity contribution is 6.18. The van der Waals surface area contributed by atoms with E-state index in [1.54, 1.807) is 26.4 Å². The zero-order valence-corrected chi connectivity index (χ0v) is 18.6. The van der Waals surface area contributed by atoms with Gasteiger partial charge in [0.05, 0.1) is 37.2 Å². The molecule has 0 unspecified atom stereocenters. The average molecular weight is 422 g/mol. The predicted octanol–water partition coefficient (Wildman–Crippen LogP) is 5.69. The first-order chi connectivity index (χ1) is 14.8. The molecular formula is C25H26O6. The molecule has 3 aromatic carbocycles. The first-order valence-corrected chi connectivity index (χ1v) is 10.3. The molecule has 4 aromatic rings. The molecule has 6 heteroatoms. The molecule has 0 aliphatic heterocycles. The number of hydrogen-bond acceptors (Lipinski definition) is 6. The zero-order valence-electron chi connectivity index (χ0n) is 18.6. The van der Waals surface area contributed by atoms with Crippen LogP contribution in [-0.4, -0.2) is 26.4 Å². The highest BCUT2D eigenvalue weighted by Gasteiger charge is 2.20. The smallest absolute Gasteiger partial charge is 0.344 e. The van der Waals surface area contributed by atoms with Crippen molar-refractivity contribution in [2.24, 2.45) is 0 Å². The lowest BCUT2D eigenvalue weighted by atomic mass is 10.0. The third kappa shape index (κ3) is 3.63. The van der Waals surface area contributed by atoms with Crippen LogP contribution in [-0.2, 0) is 0 Å². The molecule has 0 atom stereocenters. The number of methoxy groups -OCH3 is 2. The van der Waals surface area contributed by atoms with Crippen molar-refractivity contribution in [3.05, 3.63) is 46.8 Å². The molecule has 0 aliphatic rings. The normalized spacial score (nSPS) is 11.6. The van der Waals surface area contributed by atoms with Crippen molar-refractivity contribution in [3.63, 3.8) is 0 Å². The summed E-state index contributed by atoms with van der Waals surface area (Å²) in [4.78, 5) is 13.0. The van der Waals surface area contributed by atoms with Gasteiger partial charge in [0, 0.05) is 22.2 Å². The van der Waals surface area contributed by atoms with Crippen LogP contribution in [0.4, 0.5) is 0 Å². The van der Waals surface area contributed by atoms with Crippen molar-refractivity contribution >= 4 is 32.5 Å². The molecule has 0 saturated carbocycles. The monoisotopic (exact) mass is 422 g/mol. The Balaban J connectivity index is 2.16. The molecule has 0 aliphatic carbocycles. The van der Waals surface area contributed by atoms with Crippen LogP contribution in [0.1, 0.15) is 27.7 Å². The van der Waals surface area contributed by atoms with E-state index in [1.165, 1.54) is 0 Å². The molecule has 31 heavy (non-hydrogen) atoms. The molecular weight excluding hydrogens is 396 g/mol. The number of hydrogen-bond donors (Lipinski definition) is 0. The van der Waals surface area contributed by atoms with Gasteiger partial charge >= 0.3 is 5.63 Å². The first-order valence-electron chi connectivity index (χ1n) is 10.3. The Hall–Kier alpha value is -3.41. The van der Waals surface area contributed by atoms with E-state index in [2.05, 4.69) is 0 Å². The maximum absolute atomic E-state index is 13.0. The van der Waals surface area contributed by atoms with E-state index in [0.29, 0.717) is 44.7 Å². The van der Waals surface area contributed by atoms with Crippen LogP contribution < -0.4 is 24.6 Å². The van der Waals surface area contributed by atoms with Crippen molar-refractivity contribution in [2.45, 2.75) is 39.9 Å². The Morgan fingerprint density at radius 3 is 2.06 bits per heavy atom. The second kappa shape index (κ2) is 8.02. The molecule has 6 nitrogen and oxygen atoms in total. The van der Waals surface area contributed by atoms with Crippen molar-refractivity contribution < 1.29 is 23.4 Å². The molecule has 0 fully saturated rings. The fourth-order valence-corrected chi connectivity index (χ4v) is 3.88. The molecule has 0 saturated heterocycles. The Morgan fingerprint density at radius 2 is 1.42 bits per heavy atom. The predicted molar refractivity (Wildman–Crippen MR) is 122 cm³/mol. The fraction of sp³-hybridized carbons (Fsp3) is 0.320. The van der Waals surface area contributed by atoms with Crippen LogP contribution in [0, 0.1) is 0 Å². The summed E-state index contributed by atoms with van der Waals surface area (Å²) in [5, 5.41) is 3.25. The minimum Gasteiger partial charge on any atom is -0.496 e. The Labute approximate surface area is 180 Å². The van der Waals surface area contributed by atoms with E-state index in [-0.39, 0.29) is 12.2 Å². The Morgan fingerprint density at radius 1 is 0.742 bits per heavy atom. The van der Waals surface area contributed by atoms with Gasteiger partial charge in [-0.05, 0) is 45.9 Å². The van der Waals surface area contributed by atoms with Crippen LogP contribution in [0.25, 0.3) is 32.5 Å². The number of benzene rings is 3. The number of ether oxygens (including phenoxy) is 4. The van der Waals surface area contributed by atoms with E-state index < -0.39 is 5.63 Å². The van der Waals surface area contributed by atoms with Gasteiger partial charge in [-0.1, -0.05) is 12.1 Å². The number of rotatable bonds is 6. The van der Waals surface area contributed by atoms with Gasteiger partial charge in [0.2, 0.25) is 0 Å². The van der Waals surface area contributed by atoms with Crippen molar-refractivity contribution in [1.82, 2.24) is 0 Å². The van der Waals surface area contributed by atoms with Gasteiger partial charge in [-0.15, -0.1) is 0 Å². The minimum absolute atomic E-state index is 0.0194. The zero-order chi connectivity index (χ0) is 22.3. The topological polar surface area (TPSA) is 67.1 Å². The highest BCUT2D eigenvalue weighted by atomic mass is 16.5. The van der Waals surface area contributed by atoms with Crippen molar-refractivity contribution in [2.75, 3.05) is 14.2 Å². The van der Waals surface area contributed by atoms with Crippen LogP contribution >= 0.6 is 0 Å². The van der Waals surface area contributed by atoms with Gasteiger partial charge in [-0.25, -0.2) is 4.79 Å². The van der Waals surface area contributed by atoms with Crippen LogP contribution in [0.3, 0.4) is 0 Å². The van der Waals surface area contributed by atoms with E-state index in [1.807, 2.05) is 52.0 Å². The standard InChI is InChI=1S/C25H26O6/c1-13(2)29-15-10-18-22(20(11-15)27-5)17-12-21(28-6)23-16(24(17)31-25(18)26)8-7-9-19(23)30-14(3)4/h7-14H,1-6H3. The van der Waals surface area contributed by atoms with Crippen LogP contribution in [0.5, 0.6) is 23.0 Å². The summed E-state index contributed by atoms with van der Waals surface area (Å²) in [6.45, 7) is 7.77. The van der Waals surface area contributed by atoms with Gasteiger partial charge < -0.3 is 23.4 Å². The summed E-state index contributed by atoms with van der Waals surface area (Å²) >= 11 is 0. The maximum Gasteiger partial charge on any atom is 0.344 e. The lowest BCUT2D eigenvalue weighted by Gasteiger charge is -2.17. The molecule has 0 N–H and O–H groups in total. The first kappa shape index (κ1) is 20.8. The molecule has 0 amide bonds. The van der Waals surface area contributed by atoms with Gasteiger partial charge in [-0.2, -0.15) is 0 Å². The van der Waals surface area contributed by atoms with E-state index >= 15 is 0 Å². The van der Waals surface area contributed by atoms with Crippen molar-refractivity contribution in [1.29, 1.82) is 0 Å². The summed E-state index contributed by atoms with van der Waals surface area (Å²) in [5.41, 5.74) is -0.00464. The lowest BCUT2D eigenvalue weighted by Crippen LogP contribution is -2.08. The molecule has 4 rings (SSSR count). The van der Waals surface area contributed by atoms with Gasteiger partial charge in [0.1, 0.15) is 28.6 Å². The molecule has 1 heterocycles. The van der Waals surface area contributed by atoms with Gasteiger partial charge in [0.25, 0.3) is 0 Å². The van der Waals surface area contributed by atoms with E-state index in [4.69, 9.17) is 23.4 Å². The van der Waals surface area contributed by atoms with Crippen molar-refractivity contribution in [3.8, 4) is 23.0 Å². The third-order valence-electron chi connectivity index (χ3n) is 4.97. The third-order valence-corrected chi connectivity index (χ3v) is 4.97. The largest absolute Gasteiger partial charge is 0.496 e. The van der Waals surface area contributed by atoms with Crippen LogP contribution in [0.15, 0.2) is 45.6 Å². The fourth-order valence-electron chi connectivity index (χ4n) is 3.88. The summed E-state index contributed by atoms with van der Waals surface area (Å²) in [6, 6.07) is 11.0. The Bertz CT molecular complexity index is 1330.